The summed E-state index contributed by atoms with van der Waals surface area (Å²) in [6.07, 6.45) is 7.66. The molecule has 2 bridgehead atoms. The quantitative estimate of drug-likeness (QED) is 0.886. The van der Waals surface area contributed by atoms with Gasteiger partial charge in [-0.3, -0.25) is 4.68 Å². The Kier molecular flexibility index (Phi) is 3.66. The van der Waals surface area contributed by atoms with E-state index in [0.717, 1.165) is 48.4 Å². The lowest BCUT2D eigenvalue weighted by molar-refractivity contribution is 0.274. The summed E-state index contributed by atoms with van der Waals surface area (Å²) in [6, 6.07) is 0. The minimum Gasteiger partial charge on any atom is -0.392 e. The largest absolute Gasteiger partial charge is 0.392 e. The van der Waals surface area contributed by atoms with Gasteiger partial charge in [-0.25, -0.2) is 0 Å². The molecule has 0 saturated heterocycles. The average molecular weight is 262 g/mol. The molecule has 0 spiro atoms. The van der Waals surface area contributed by atoms with E-state index in [1.54, 1.807) is 0 Å². The third kappa shape index (κ3) is 2.22. The van der Waals surface area contributed by atoms with Crippen molar-refractivity contribution in [3.05, 3.63) is 17.0 Å². The normalized spacial score (nSPS) is 29.3. The van der Waals surface area contributed by atoms with Crippen molar-refractivity contribution >= 4 is 0 Å². The van der Waals surface area contributed by atoms with E-state index < -0.39 is 0 Å². The van der Waals surface area contributed by atoms with Crippen LogP contribution < -0.4 is 0 Å². The molecule has 1 N–H and O–H groups in total. The monoisotopic (exact) mass is 262 g/mol. The Morgan fingerprint density at radius 1 is 1.21 bits per heavy atom. The molecule has 1 aromatic rings. The molecule has 1 heterocycles. The van der Waals surface area contributed by atoms with E-state index in [0.29, 0.717) is 0 Å². The molecule has 3 rings (SSSR count). The second kappa shape index (κ2) is 5.28. The summed E-state index contributed by atoms with van der Waals surface area (Å²) in [5.41, 5.74) is 3.46. The first-order chi connectivity index (χ1) is 9.26. The number of hydrogen-bond acceptors (Lipinski definition) is 2. The zero-order valence-corrected chi connectivity index (χ0v) is 12.2. The van der Waals surface area contributed by atoms with E-state index in [4.69, 9.17) is 5.10 Å². The van der Waals surface area contributed by atoms with Crippen LogP contribution in [0.1, 0.15) is 56.5 Å². The summed E-state index contributed by atoms with van der Waals surface area (Å²) in [5.74, 6) is 2.78. The Morgan fingerprint density at radius 3 is 2.58 bits per heavy atom. The fourth-order valence-electron chi connectivity index (χ4n) is 4.42. The van der Waals surface area contributed by atoms with Gasteiger partial charge in [0, 0.05) is 17.8 Å². The predicted octanol–water partition coefficient (Wildman–Crippen LogP) is 2.94. The molecule has 2 aliphatic carbocycles. The summed E-state index contributed by atoms with van der Waals surface area (Å²) < 4.78 is 2.22. The summed E-state index contributed by atoms with van der Waals surface area (Å²) in [5, 5.41) is 14.4. The van der Waals surface area contributed by atoms with Gasteiger partial charge in [0.25, 0.3) is 0 Å². The number of rotatable bonds is 5. The van der Waals surface area contributed by atoms with Crippen LogP contribution in [0.5, 0.6) is 0 Å². The van der Waals surface area contributed by atoms with Crippen molar-refractivity contribution in [2.45, 2.75) is 65.5 Å². The van der Waals surface area contributed by atoms with Gasteiger partial charge in [0.2, 0.25) is 0 Å². The molecular formula is C16H26N2O. The second-order valence-electron chi connectivity index (χ2n) is 6.35. The highest BCUT2D eigenvalue weighted by Crippen LogP contribution is 2.48. The maximum atomic E-state index is 9.59. The van der Waals surface area contributed by atoms with Crippen LogP contribution in [-0.2, 0) is 26.0 Å². The Bertz CT molecular complexity index is 452. The van der Waals surface area contributed by atoms with Crippen LogP contribution in [0.4, 0.5) is 0 Å². The van der Waals surface area contributed by atoms with E-state index in [9.17, 15) is 5.11 Å². The first-order valence-electron chi connectivity index (χ1n) is 7.95. The van der Waals surface area contributed by atoms with Crippen LogP contribution in [-0.4, -0.2) is 14.9 Å². The lowest BCUT2D eigenvalue weighted by Gasteiger charge is -2.22. The van der Waals surface area contributed by atoms with Crippen LogP contribution in [0.3, 0.4) is 0 Å². The summed E-state index contributed by atoms with van der Waals surface area (Å²) >= 11 is 0. The molecule has 3 heteroatoms. The molecule has 3 atom stereocenters. The van der Waals surface area contributed by atoms with Crippen molar-refractivity contribution in [3.63, 3.8) is 0 Å². The molecule has 0 aromatic carbocycles. The van der Waals surface area contributed by atoms with Crippen molar-refractivity contribution in [2.75, 3.05) is 0 Å². The zero-order valence-electron chi connectivity index (χ0n) is 12.2. The Hall–Kier alpha value is -0.830. The predicted molar refractivity (Wildman–Crippen MR) is 75.8 cm³/mol. The van der Waals surface area contributed by atoms with Gasteiger partial charge in [-0.15, -0.1) is 0 Å². The van der Waals surface area contributed by atoms with Crippen LogP contribution in [0.25, 0.3) is 0 Å². The Balaban J connectivity index is 1.82. The molecular weight excluding hydrogens is 236 g/mol. The Labute approximate surface area is 116 Å². The maximum absolute atomic E-state index is 9.59. The van der Waals surface area contributed by atoms with Crippen LogP contribution >= 0.6 is 0 Å². The molecule has 106 valence electrons. The van der Waals surface area contributed by atoms with Crippen molar-refractivity contribution in [2.24, 2.45) is 17.8 Å². The van der Waals surface area contributed by atoms with E-state index in [1.807, 2.05) is 0 Å². The summed E-state index contributed by atoms with van der Waals surface area (Å²) in [4.78, 5) is 0. The molecule has 19 heavy (non-hydrogen) atoms. The fraction of sp³-hybridized carbons (Fsp3) is 0.812. The molecule has 2 saturated carbocycles. The number of fused-ring (bicyclic) bond motifs is 2. The number of nitrogens with zero attached hydrogens (tertiary/aromatic N) is 2. The second-order valence-corrected chi connectivity index (χ2v) is 6.35. The Morgan fingerprint density at radius 2 is 2.05 bits per heavy atom. The van der Waals surface area contributed by atoms with Gasteiger partial charge < -0.3 is 5.11 Å². The molecule has 2 aliphatic rings. The summed E-state index contributed by atoms with van der Waals surface area (Å²) in [6.45, 7) is 5.52. The van der Waals surface area contributed by atoms with Crippen molar-refractivity contribution < 1.29 is 5.11 Å². The van der Waals surface area contributed by atoms with E-state index in [1.165, 1.54) is 31.4 Å². The van der Waals surface area contributed by atoms with Gasteiger partial charge in [-0.2, -0.15) is 5.10 Å². The molecule has 1 aromatic heterocycles. The molecule has 2 fully saturated rings. The highest BCUT2D eigenvalue weighted by atomic mass is 16.3. The minimum absolute atomic E-state index is 0.142. The van der Waals surface area contributed by atoms with E-state index in [2.05, 4.69) is 18.5 Å². The highest BCUT2D eigenvalue weighted by molar-refractivity contribution is 5.26. The van der Waals surface area contributed by atoms with Crippen LogP contribution in [0.2, 0.25) is 0 Å². The van der Waals surface area contributed by atoms with Crippen LogP contribution in [0, 0.1) is 17.8 Å². The van der Waals surface area contributed by atoms with Crippen molar-refractivity contribution in [1.29, 1.82) is 0 Å². The molecule has 3 nitrogen and oxygen atoms in total. The van der Waals surface area contributed by atoms with Gasteiger partial charge in [-0.05, 0) is 49.9 Å². The number of aryl methyl sites for hydroxylation is 1. The number of aliphatic hydroxyl groups is 1. The van der Waals surface area contributed by atoms with E-state index in [-0.39, 0.29) is 6.61 Å². The van der Waals surface area contributed by atoms with Crippen molar-refractivity contribution in [1.82, 2.24) is 9.78 Å². The van der Waals surface area contributed by atoms with Gasteiger partial charge in [0.05, 0.1) is 12.3 Å². The number of hydrogen-bond donors (Lipinski definition) is 1. The first kappa shape index (κ1) is 13.2. The molecule has 3 unspecified atom stereocenters. The van der Waals surface area contributed by atoms with Crippen LogP contribution in [0.15, 0.2) is 0 Å². The van der Waals surface area contributed by atoms with E-state index >= 15 is 0 Å². The zero-order chi connectivity index (χ0) is 13.4. The highest BCUT2D eigenvalue weighted by Gasteiger charge is 2.39. The molecule has 0 amide bonds. The maximum Gasteiger partial charge on any atom is 0.0718 e. The topological polar surface area (TPSA) is 38.0 Å². The van der Waals surface area contributed by atoms with Gasteiger partial charge >= 0.3 is 0 Å². The lowest BCUT2D eigenvalue weighted by atomic mass is 9.89. The average Bonchev–Trinajstić information content (AvgIpc) is 3.11. The van der Waals surface area contributed by atoms with Gasteiger partial charge in [-0.1, -0.05) is 20.3 Å². The molecule has 0 radical (unpaired) electrons. The third-order valence-electron chi connectivity index (χ3n) is 5.37. The van der Waals surface area contributed by atoms with Gasteiger partial charge in [0.1, 0.15) is 0 Å². The van der Waals surface area contributed by atoms with Gasteiger partial charge in [0.15, 0.2) is 0 Å². The number of aromatic nitrogens is 2. The minimum atomic E-state index is 0.142. The first-order valence-corrected chi connectivity index (χ1v) is 7.95. The smallest absolute Gasteiger partial charge is 0.0718 e. The lowest BCUT2D eigenvalue weighted by Crippen LogP contribution is -2.19. The fourth-order valence-corrected chi connectivity index (χ4v) is 4.42. The number of aliphatic hydroxyl groups excluding tert-OH is 1. The standard InChI is InChI=1S/C16H26N2O/c1-3-15-14(10-19)16(4-2)18(17-15)9-13-8-11-5-6-12(13)7-11/h11-13,19H,3-10H2,1-2H3. The molecule has 0 aliphatic heterocycles. The third-order valence-corrected chi connectivity index (χ3v) is 5.37. The SMILES string of the molecule is CCc1nn(CC2CC3CCC2C3)c(CC)c1CO. The summed E-state index contributed by atoms with van der Waals surface area (Å²) in [7, 11) is 0. The van der Waals surface area contributed by atoms with Crippen molar-refractivity contribution in [3.8, 4) is 0 Å².